The molecule has 1 aromatic carbocycles. The molecule has 0 radical (unpaired) electrons. The van der Waals surface area contributed by atoms with Crippen LogP contribution in [-0.2, 0) is 0 Å². The summed E-state index contributed by atoms with van der Waals surface area (Å²) in [6, 6.07) is 8.82. The number of hydrogen-bond acceptors (Lipinski definition) is 2. The standard InChI is InChI=1S/C15H22N2/c1-11(2)10-17(12(3)4)15-7-6-13(5)8-14(15)9-16/h6-8,11-12H,10H2,1-5H3. The monoisotopic (exact) mass is 230 g/mol. The van der Waals surface area contributed by atoms with Crippen LogP contribution in [0.2, 0.25) is 0 Å². The largest absolute Gasteiger partial charge is 0.368 e. The van der Waals surface area contributed by atoms with Crippen LogP contribution in [0.25, 0.3) is 0 Å². The molecule has 0 saturated heterocycles. The van der Waals surface area contributed by atoms with E-state index < -0.39 is 0 Å². The average molecular weight is 230 g/mol. The van der Waals surface area contributed by atoms with Gasteiger partial charge < -0.3 is 4.90 Å². The molecule has 0 aromatic heterocycles. The maximum Gasteiger partial charge on any atom is 0.101 e. The predicted octanol–water partition coefficient (Wildman–Crippen LogP) is 3.74. The molecule has 2 nitrogen and oxygen atoms in total. The molecule has 0 heterocycles. The molecule has 0 aliphatic rings. The summed E-state index contributed by atoms with van der Waals surface area (Å²) in [5, 5.41) is 9.23. The molecular weight excluding hydrogens is 208 g/mol. The van der Waals surface area contributed by atoms with E-state index in [1.165, 1.54) is 0 Å². The van der Waals surface area contributed by atoms with Crippen molar-refractivity contribution in [3.05, 3.63) is 29.3 Å². The highest BCUT2D eigenvalue weighted by atomic mass is 15.2. The van der Waals surface area contributed by atoms with Crippen molar-refractivity contribution in [2.75, 3.05) is 11.4 Å². The Morgan fingerprint density at radius 2 is 1.88 bits per heavy atom. The van der Waals surface area contributed by atoms with Gasteiger partial charge in [-0.3, -0.25) is 0 Å². The Morgan fingerprint density at radius 3 is 2.35 bits per heavy atom. The third-order valence-corrected chi connectivity index (χ3v) is 2.77. The second kappa shape index (κ2) is 5.72. The van der Waals surface area contributed by atoms with Gasteiger partial charge in [0, 0.05) is 12.6 Å². The molecule has 0 atom stereocenters. The predicted molar refractivity (Wildman–Crippen MR) is 73.2 cm³/mol. The van der Waals surface area contributed by atoms with E-state index in [1.807, 2.05) is 13.0 Å². The van der Waals surface area contributed by atoms with Crippen LogP contribution in [-0.4, -0.2) is 12.6 Å². The van der Waals surface area contributed by atoms with Gasteiger partial charge in [-0.05, 0) is 44.4 Å². The first-order chi connectivity index (χ1) is 7.95. The molecule has 1 rings (SSSR count). The van der Waals surface area contributed by atoms with Crippen molar-refractivity contribution in [1.82, 2.24) is 0 Å². The zero-order valence-electron chi connectivity index (χ0n) is 11.5. The molecule has 92 valence electrons. The van der Waals surface area contributed by atoms with Gasteiger partial charge >= 0.3 is 0 Å². The Morgan fingerprint density at radius 1 is 1.24 bits per heavy atom. The summed E-state index contributed by atoms with van der Waals surface area (Å²) in [4.78, 5) is 2.31. The van der Waals surface area contributed by atoms with Gasteiger partial charge in [0.1, 0.15) is 6.07 Å². The van der Waals surface area contributed by atoms with Gasteiger partial charge in [0.05, 0.1) is 11.3 Å². The molecule has 0 aliphatic carbocycles. The van der Waals surface area contributed by atoms with E-state index in [0.717, 1.165) is 23.4 Å². The molecule has 0 saturated carbocycles. The summed E-state index contributed by atoms with van der Waals surface area (Å²) < 4.78 is 0. The smallest absolute Gasteiger partial charge is 0.101 e. The van der Waals surface area contributed by atoms with E-state index >= 15 is 0 Å². The third kappa shape index (κ3) is 3.49. The number of nitrogens with zero attached hydrogens (tertiary/aromatic N) is 2. The molecule has 0 aliphatic heterocycles. The summed E-state index contributed by atoms with van der Waals surface area (Å²) in [5.41, 5.74) is 2.97. The molecule has 0 spiro atoms. The Balaban J connectivity index is 3.14. The molecule has 0 amide bonds. The van der Waals surface area contributed by atoms with Crippen molar-refractivity contribution in [3.63, 3.8) is 0 Å². The van der Waals surface area contributed by atoms with E-state index in [0.29, 0.717) is 12.0 Å². The van der Waals surface area contributed by atoms with Crippen LogP contribution in [0.4, 0.5) is 5.69 Å². The van der Waals surface area contributed by atoms with Gasteiger partial charge in [0.15, 0.2) is 0 Å². The summed E-state index contributed by atoms with van der Waals surface area (Å²) in [7, 11) is 0. The van der Waals surface area contributed by atoms with Crippen LogP contribution in [0.3, 0.4) is 0 Å². The second-order valence-corrected chi connectivity index (χ2v) is 5.27. The number of benzene rings is 1. The minimum atomic E-state index is 0.409. The number of nitriles is 1. The highest BCUT2D eigenvalue weighted by Gasteiger charge is 2.15. The maximum absolute atomic E-state index is 9.23. The lowest BCUT2D eigenvalue weighted by Gasteiger charge is -2.31. The van der Waals surface area contributed by atoms with Gasteiger partial charge in [-0.25, -0.2) is 0 Å². The first-order valence-corrected chi connectivity index (χ1v) is 6.23. The summed E-state index contributed by atoms with van der Waals surface area (Å²) >= 11 is 0. The van der Waals surface area contributed by atoms with Crippen molar-refractivity contribution in [1.29, 1.82) is 5.26 Å². The fourth-order valence-corrected chi connectivity index (χ4v) is 1.97. The normalized spacial score (nSPS) is 10.7. The third-order valence-electron chi connectivity index (χ3n) is 2.77. The number of hydrogen-bond donors (Lipinski definition) is 0. The van der Waals surface area contributed by atoms with Crippen LogP contribution >= 0.6 is 0 Å². The van der Waals surface area contributed by atoms with Crippen LogP contribution in [0.1, 0.15) is 38.8 Å². The SMILES string of the molecule is Cc1ccc(N(CC(C)C)C(C)C)c(C#N)c1. The molecule has 17 heavy (non-hydrogen) atoms. The molecule has 0 fully saturated rings. The first-order valence-electron chi connectivity index (χ1n) is 6.23. The minimum absolute atomic E-state index is 0.409. The number of anilines is 1. The molecule has 0 bridgehead atoms. The Kier molecular flexibility index (Phi) is 4.57. The Bertz CT molecular complexity index is 413. The molecule has 0 N–H and O–H groups in total. The van der Waals surface area contributed by atoms with Crippen molar-refractivity contribution in [2.24, 2.45) is 5.92 Å². The van der Waals surface area contributed by atoms with Crippen LogP contribution < -0.4 is 4.90 Å². The Labute approximate surface area is 105 Å². The molecule has 2 heteroatoms. The fourth-order valence-electron chi connectivity index (χ4n) is 1.97. The summed E-state index contributed by atoms with van der Waals surface area (Å²) in [6.07, 6.45) is 0. The van der Waals surface area contributed by atoms with E-state index in [2.05, 4.69) is 50.8 Å². The van der Waals surface area contributed by atoms with Crippen molar-refractivity contribution in [2.45, 2.75) is 40.7 Å². The quantitative estimate of drug-likeness (QED) is 0.788. The lowest BCUT2D eigenvalue weighted by atomic mass is 10.1. The van der Waals surface area contributed by atoms with Gasteiger partial charge in [-0.2, -0.15) is 5.26 Å². The van der Waals surface area contributed by atoms with E-state index in [1.54, 1.807) is 0 Å². The van der Waals surface area contributed by atoms with Crippen LogP contribution in [0.15, 0.2) is 18.2 Å². The Hall–Kier alpha value is -1.49. The van der Waals surface area contributed by atoms with Gasteiger partial charge in [0.2, 0.25) is 0 Å². The topological polar surface area (TPSA) is 27.0 Å². The molecular formula is C15H22N2. The van der Waals surface area contributed by atoms with Crippen LogP contribution in [0.5, 0.6) is 0 Å². The average Bonchev–Trinajstić information content (AvgIpc) is 2.25. The number of rotatable bonds is 4. The lowest BCUT2D eigenvalue weighted by molar-refractivity contribution is 0.570. The summed E-state index contributed by atoms with van der Waals surface area (Å²) in [6.45, 7) is 11.8. The van der Waals surface area contributed by atoms with Crippen molar-refractivity contribution >= 4 is 5.69 Å². The van der Waals surface area contributed by atoms with Crippen LogP contribution in [0, 0.1) is 24.2 Å². The maximum atomic E-state index is 9.23. The summed E-state index contributed by atoms with van der Waals surface area (Å²) in [5.74, 6) is 0.588. The fraction of sp³-hybridized carbons (Fsp3) is 0.533. The van der Waals surface area contributed by atoms with E-state index in [9.17, 15) is 5.26 Å². The highest BCUT2D eigenvalue weighted by Crippen LogP contribution is 2.24. The van der Waals surface area contributed by atoms with Gasteiger partial charge in [-0.1, -0.05) is 19.9 Å². The van der Waals surface area contributed by atoms with E-state index in [4.69, 9.17) is 0 Å². The number of aryl methyl sites for hydroxylation is 1. The van der Waals surface area contributed by atoms with Gasteiger partial charge in [-0.15, -0.1) is 0 Å². The minimum Gasteiger partial charge on any atom is -0.368 e. The zero-order valence-corrected chi connectivity index (χ0v) is 11.5. The van der Waals surface area contributed by atoms with Crippen molar-refractivity contribution in [3.8, 4) is 6.07 Å². The molecule has 1 aromatic rings. The van der Waals surface area contributed by atoms with Gasteiger partial charge in [0.25, 0.3) is 0 Å². The lowest BCUT2D eigenvalue weighted by Crippen LogP contribution is -2.34. The first kappa shape index (κ1) is 13.6. The van der Waals surface area contributed by atoms with Crippen molar-refractivity contribution < 1.29 is 0 Å². The second-order valence-electron chi connectivity index (χ2n) is 5.27. The molecule has 0 unspecified atom stereocenters. The van der Waals surface area contributed by atoms with E-state index in [-0.39, 0.29) is 0 Å². The highest BCUT2D eigenvalue weighted by molar-refractivity contribution is 5.60. The zero-order chi connectivity index (χ0) is 13.0.